The lowest BCUT2D eigenvalue weighted by Gasteiger charge is -2.20. The zero-order valence-corrected chi connectivity index (χ0v) is 14.4. The second-order valence-electron chi connectivity index (χ2n) is 5.74. The smallest absolute Gasteiger partial charge is 0.183 e. The third-order valence-electron chi connectivity index (χ3n) is 3.96. The molecule has 0 spiro atoms. The maximum absolute atomic E-state index is 12.7. The summed E-state index contributed by atoms with van der Waals surface area (Å²) >= 11 is 0. The lowest BCUT2D eigenvalue weighted by Crippen LogP contribution is -2.43. The fourth-order valence-electron chi connectivity index (χ4n) is 2.76. The molecule has 5 nitrogen and oxygen atoms in total. The topological polar surface area (TPSA) is 80.3 Å². The van der Waals surface area contributed by atoms with Crippen molar-refractivity contribution in [2.45, 2.75) is 42.4 Å². The summed E-state index contributed by atoms with van der Waals surface area (Å²) in [6.07, 6.45) is 3.03. The van der Waals surface area contributed by atoms with Crippen LogP contribution in [0.4, 0.5) is 0 Å². The van der Waals surface area contributed by atoms with Gasteiger partial charge in [0.25, 0.3) is 0 Å². The van der Waals surface area contributed by atoms with Crippen molar-refractivity contribution in [1.82, 2.24) is 5.32 Å². The van der Waals surface area contributed by atoms with Crippen LogP contribution >= 0.6 is 0 Å². The van der Waals surface area contributed by atoms with Gasteiger partial charge in [0.1, 0.15) is 0 Å². The molecule has 1 aromatic carbocycles. The quantitative estimate of drug-likeness (QED) is 0.756. The molecule has 1 saturated heterocycles. The Morgan fingerprint density at radius 2 is 1.82 bits per heavy atom. The van der Waals surface area contributed by atoms with Crippen LogP contribution in [0.2, 0.25) is 0 Å². The number of hydrogen-bond acceptors (Lipinski definition) is 5. The Bertz CT molecular complexity index is 684. The summed E-state index contributed by atoms with van der Waals surface area (Å²) in [5, 5.41) is 2.24. The van der Waals surface area contributed by atoms with Crippen molar-refractivity contribution in [3.8, 4) is 0 Å². The number of hydrogen-bond donors (Lipinski definition) is 1. The van der Waals surface area contributed by atoms with Crippen molar-refractivity contribution < 1.29 is 16.8 Å². The molecule has 0 amide bonds. The van der Waals surface area contributed by atoms with Gasteiger partial charge in [0.15, 0.2) is 19.7 Å². The number of nitrogens with one attached hydrogen (secondary N) is 1. The summed E-state index contributed by atoms with van der Waals surface area (Å²) in [6, 6.07) is 7.57. The molecular weight excluding hydrogens is 322 g/mol. The minimum atomic E-state index is -3.64. The summed E-state index contributed by atoms with van der Waals surface area (Å²) in [4.78, 5) is 0.192. The van der Waals surface area contributed by atoms with Gasteiger partial charge < -0.3 is 5.32 Å². The van der Waals surface area contributed by atoms with Crippen molar-refractivity contribution in [3.05, 3.63) is 30.3 Å². The van der Waals surface area contributed by atoms with Crippen LogP contribution < -0.4 is 5.32 Å². The molecular formula is C15H23NO4S2. The fourth-order valence-corrected chi connectivity index (χ4v) is 7.50. The molecule has 1 fully saturated rings. The Kier molecular flexibility index (Phi) is 5.63. The molecule has 7 heteroatoms. The van der Waals surface area contributed by atoms with Crippen LogP contribution in [0.25, 0.3) is 0 Å². The van der Waals surface area contributed by atoms with E-state index in [2.05, 4.69) is 12.2 Å². The van der Waals surface area contributed by atoms with E-state index in [1.54, 1.807) is 18.2 Å². The molecule has 0 saturated carbocycles. The third kappa shape index (κ3) is 4.08. The predicted molar refractivity (Wildman–Crippen MR) is 87.4 cm³/mol. The highest BCUT2D eigenvalue weighted by atomic mass is 32.2. The summed E-state index contributed by atoms with van der Waals surface area (Å²) < 4.78 is 49.3. The molecule has 1 aromatic rings. The van der Waals surface area contributed by atoms with Crippen LogP contribution in [-0.4, -0.2) is 46.2 Å². The molecule has 0 aromatic heterocycles. The SMILES string of the molecule is CCCCCN[C@H]1CS(=O)(=O)C[C@@H]1S(=O)(=O)c1ccccc1. The van der Waals surface area contributed by atoms with Gasteiger partial charge in [-0.25, -0.2) is 16.8 Å². The number of unbranched alkanes of at least 4 members (excludes halogenated alkanes) is 2. The average Bonchev–Trinajstić information content (AvgIpc) is 2.80. The summed E-state index contributed by atoms with van der Waals surface area (Å²) in [6.45, 7) is 2.73. The second-order valence-corrected chi connectivity index (χ2v) is 10.1. The minimum absolute atomic E-state index is 0.101. The Morgan fingerprint density at radius 3 is 2.45 bits per heavy atom. The molecule has 1 N–H and O–H groups in total. The molecule has 22 heavy (non-hydrogen) atoms. The standard InChI is InChI=1S/C15H23NO4S2/c1-2-3-7-10-16-14-11-21(17,18)12-15(14)22(19,20)13-8-5-4-6-9-13/h4-6,8-9,14-16H,2-3,7,10-12H2,1H3/t14-,15-/m0/s1. The highest BCUT2D eigenvalue weighted by Crippen LogP contribution is 2.25. The summed E-state index contributed by atoms with van der Waals surface area (Å²) in [5.74, 6) is -0.397. The molecule has 0 radical (unpaired) electrons. The predicted octanol–water partition coefficient (Wildman–Crippen LogP) is 1.41. The van der Waals surface area contributed by atoms with Crippen LogP contribution in [0.15, 0.2) is 35.2 Å². The van der Waals surface area contributed by atoms with E-state index < -0.39 is 31.0 Å². The number of benzene rings is 1. The molecule has 2 atom stereocenters. The highest BCUT2D eigenvalue weighted by molar-refractivity contribution is 7.96. The maximum atomic E-state index is 12.7. The van der Waals surface area contributed by atoms with Crippen LogP contribution in [0.3, 0.4) is 0 Å². The van der Waals surface area contributed by atoms with E-state index in [0.717, 1.165) is 19.3 Å². The van der Waals surface area contributed by atoms with E-state index in [4.69, 9.17) is 0 Å². The van der Waals surface area contributed by atoms with Gasteiger partial charge in [0.2, 0.25) is 0 Å². The first-order valence-electron chi connectivity index (χ1n) is 7.59. The van der Waals surface area contributed by atoms with E-state index in [1.165, 1.54) is 12.1 Å². The van der Waals surface area contributed by atoms with Crippen LogP contribution in [-0.2, 0) is 19.7 Å². The Morgan fingerprint density at radius 1 is 1.14 bits per heavy atom. The van der Waals surface area contributed by atoms with Crippen molar-refractivity contribution >= 4 is 19.7 Å². The number of rotatable bonds is 7. The molecule has 2 rings (SSSR count). The van der Waals surface area contributed by atoms with Gasteiger partial charge in [-0.15, -0.1) is 0 Å². The normalized spacial score (nSPS) is 24.4. The van der Waals surface area contributed by atoms with Gasteiger partial charge >= 0.3 is 0 Å². The molecule has 1 heterocycles. The molecule has 0 bridgehead atoms. The Balaban J connectivity index is 2.19. The Hall–Kier alpha value is -0.920. The van der Waals surface area contributed by atoms with Crippen molar-refractivity contribution in [1.29, 1.82) is 0 Å². The maximum Gasteiger partial charge on any atom is 0.183 e. The van der Waals surface area contributed by atoms with Crippen molar-refractivity contribution in [2.24, 2.45) is 0 Å². The van der Waals surface area contributed by atoms with Gasteiger partial charge in [-0.2, -0.15) is 0 Å². The van der Waals surface area contributed by atoms with Gasteiger partial charge in [-0.3, -0.25) is 0 Å². The van der Waals surface area contributed by atoms with Crippen LogP contribution in [0, 0.1) is 0 Å². The highest BCUT2D eigenvalue weighted by Gasteiger charge is 2.45. The van der Waals surface area contributed by atoms with Crippen LogP contribution in [0.5, 0.6) is 0 Å². The van der Waals surface area contributed by atoms with Gasteiger partial charge in [-0.05, 0) is 25.1 Å². The first-order valence-corrected chi connectivity index (χ1v) is 11.0. The molecule has 124 valence electrons. The average molecular weight is 345 g/mol. The number of sulfone groups is 2. The van der Waals surface area contributed by atoms with Gasteiger partial charge in [-0.1, -0.05) is 38.0 Å². The van der Waals surface area contributed by atoms with E-state index in [9.17, 15) is 16.8 Å². The van der Waals surface area contributed by atoms with Gasteiger partial charge in [0, 0.05) is 6.04 Å². The van der Waals surface area contributed by atoms with E-state index >= 15 is 0 Å². The lowest BCUT2D eigenvalue weighted by molar-refractivity contribution is 0.513. The van der Waals surface area contributed by atoms with E-state index in [0.29, 0.717) is 6.54 Å². The summed E-state index contributed by atoms with van der Waals surface area (Å²) in [5.41, 5.74) is 0. The largest absolute Gasteiger partial charge is 0.312 e. The third-order valence-corrected chi connectivity index (χ3v) is 8.12. The zero-order chi connectivity index (χ0) is 16.2. The lowest BCUT2D eigenvalue weighted by atomic mass is 10.2. The molecule has 0 aliphatic carbocycles. The second kappa shape index (κ2) is 7.10. The molecule has 1 aliphatic heterocycles. The zero-order valence-electron chi connectivity index (χ0n) is 12.7. The van der Waals surface area contributed by atoms with Crippen molar-refractivity contribution in [3.63, 3.8) is 0 Å². The first-order chi connectivity index (χ1) is 10.4. The Labute approximate surface area is 133 Å². The van der Waals surface area contributed by atoms with Crippen molar-refractivity contribution in [2.75, 3.05) is 18.1 Å². The monoisotopic (exact) mass is 345 g/mol. The van der Waals surface area contributed by atoms with E-state index in [1.807, 2.05) is 0 Å². The minimum Gasteiger partial charge on any atom is -0.312 e. The van der Waals surface area contributed by atoms with Gasteiger partial charge in [0.05, 0.1) is 21.7 Å². The molecule has 0 unspecified atom stereocenters. The first kappa shape index (κ1) is 17.4. The summed E-state index contributed by atoms with van der Waals surface area (Å²) in [7, 11) is -6.96. The fraction of sp³-hybridized carbons (Fsp3) is 0.600. The van der Waals surface area contributed by atoms with Crippen LogP contribution in [0.1, 0.15) is 26.2 Å². The van der Waals surface area contributed by atoms with E-state index in [-0.39, 0.29) is 16.4 Å². The molecule has 1 aliphatic rings.